The Morgan fingerprint density at radius 3 is 2.54 bits per heavy atom. The van der Waals surface area contributed by atoms with Gasteiger partial charge in [0.05, 0.1) is 13.0 Å². The van der Waals surface area contributed by atoms with Crippen LogP contribution < -0.4 is 10.1 Å². The number of carbonyl (C=O) groups is 2. The van der Waals surface area contributed by atoms with Gasteiger partial charge in [-0.2, -0.15) is 0 Å². The van der Waals surface area contributed by atoms with Crippen molar-refractivity contribution in [2.45, 2.75) is 32.7 Å². The molecule has 0 radical (unpaired) electrons. The van der Waals surface area contributed by atoms with Crippen molar-refractivity contribution in [1.82, 2.24) is 10.2 Å². The fourth-order valence-electron chi connectivity index (χ4n) is 3.82. The van der Waals surface area contributed by atoms with Gasteiger partial charge in [-0.1, -0.05) is 30.3 Å². The molecule has 0 aromatic heterocycles. The smallest absolute Gasteiger partial charge is 0.254 e. The van der Waals surface area contributed by atoms with Gasteiger partial charge in [-0.25, -0.2) is 0 Å². The number of nitrogens with zero attached hydrogens (tertiary/aromatic N) is 1. The van der Waals surface area contributed by atoms with Crippen LogP contribution in [0.2, 0.25) is 0 Å². The standard InChI is InChI=1S/C23H28N2O3/c1-15(2)24-22(26)21-14-25(23(27)19-11-6-5-8-16(19)3)13-20(21)17-9-7-10-18(12-17)28-4/h5-12,15,20-21H,13-14H2,1-4H3,(H,24,26). The van der Waals surface area contributed by atoms with Crippen molar-refractivity contribution in [3.05, 3.63) is 65.2 Å². The minimum Gasteiger partial charge on any atom is -0.497 e. The number of hydrogen-bond acceptors (Lipinski definition) is 3. The van der Waals surface area contributed by atoms with Gasteiger partial charge in [0, 0.05) is 30.6 Å². The van der Waals surface area contributed by atoms with Crippen LogP contribution in [0.15, 0.2) is 48.5 Å². The van der Waals surface area contributed by atoms with E-state index in [1.54, 1.807) is 12.0 Å². The summed E-state index contributed by atoms with van der Waals surface area (Å²) in [5.41, 5.74) is 2.65. The first-order chi connectivity index (χ1) is 13.4. The number of methoxy groups -OCH3 is 1. The Morgan fingerprint density at radius 2 is 1.86 bits per heavy atom. The van der Waals surface area contributed by atoms with Crippen molar-refractivity contribution in [2.24, 2.45) is 5.92 Å². The Hall–Kier alpha value is -2.82. The maximum absolute atomic E-state index is 13.1. The van der Waals surface area contributed by atoms with E-state index in [2.05, 4.69) is 5.32 Å². The Bertz CT molecular complexity index is 862. The number of carbonyl (C=O) groups excluding carboxylic acids is 2. The minimum absolute atomic E-state index is 0.0112. The number of amides is 2. The molecule has 5 heteroatoms. The van der Waals surface area contributed by atoms with Gasteiger partial charge in [0.1, 0.15) is 5.75 Å². The van der Waals surface area contributed by atoms with Gasteiger partial charge in [0.25, 0.3) is 5.91 Å². The largest absolute Gasteiger partial charge is 0.497 e. The molecule has 148 valence electrons. The van der Waals surface area contributed by atoms with Crippen molar-refractivity contribution < 1.29 is 14.3 Å². The van der Waals surface area contributed by atoms with Crippen LogP contribution in [0.4, 0.5) is 0 Å². The van der Waals surface area contributed by atoms with Gasteiger partial charge in [0.15, 0.2) is 0 Å². The summed E-state index contributed by atoms with van der Waals surface area (Å²) in [5.74, 6) is 0.363. The van der Waals surface area contributed by atoms with E-state index < -0.39 is 0 Å². The minimum atomic E-state index is -0.289. The van der Waals surface area contributed by atoms with Gasteiger partial charge in [-0.15, -0.1) is 0 Å². The zero-order valence-electron chi connectivity index (χ0n) is 16.9. The third-order valence-corrected chi connectivity index (χ3v) is 5.27. The molecule has 0 spiro atoms. The van der Waals surface area contributed by atoms with Crippen molar-refractivity contribution in [3.63, 3.8) is 0 Å². The fourth-order valence-corrected chi connectivity index (χ4v) is 3.82. The molecule has 5 nitrogen and oxygen atoms in total. The van der Waals surface area contributed by atoms with Gasteiger partial charge >= 0.3 is 0 Å². The summed E-state index contributed by atoms with van der Waals surface area (Å²) in [6, 6.07) is 15.4. The van der Waals surface area contributed by atoms with Crippen LogP contribution >= 0.6 is 0 Å². The molecule has 1 aliphatic heterocycles. The highest BCUT2D eigenvalue weighted by molar-refractivity contribution is 5.96. The molecule has 2 aromatic carbocycles. The third kappa shape index (κ3) is 4.19. The van der Waals surface area contributed by atoms with Gasteiger partial charge in [-0.3, -0.25) is 9.59 Å². The van der Waals surface area contributed by atoms with E-state index in [1.165, 1.54) is 0 Å². The summed E-state index contributed by atoms with van der Waals surface area (Å²) in [5, 5.41) is 3.02. The molecular formula is C23H28N2O3. The fraction of sp³-hybridized carbons (Fsp3) is 0.391. The van der Waals surface area contributed by atoms with Crippen molar-refractivity contribution in [2.75, 3.05) is 20.2 Å². The highest BCUT2D eigenvalue weighted by atomic mass is 16.5. The SMILES string of the molecule is COc1cccc(C2CN(C(=O)c3ccccc3C)CC2C(=O)NC(C)C)c1. The molecule has 2 aromatic rings. The highest BCUT2D eigenvalue weighted by Gasteiger charge is 2.41. The van der Waals surface area contributed by atoms with Crippen molar-refractivity contribution in [3.8, 4) is 5.75 Å². The molecule has 2 amide bonds. The molecule has 2 unspecified atom stereocenters. The quantitative estimate of drug-likeness (QED) is 0.865. The van der Waals surface area contributed by atoms with Crippen LogP contribution in [-0.4, -0.2) is 43.0 Å². The Labute approximate surface area is 166 Å². The Balaban J connectivity index is 1.91. The predicted octanol–water partition coefficient (Wildman–Crippen LogP) is 3.38. The number of benzene rings is 2. The van der Waals surface area contributed by atoms with Gasteiger partial charge < -0.3 is 15.0 Å². The van der Waals surface area contributed by atoms with E-state index in [0.29, 0.717) is 18.7 Å². The van der Waals surface area contributed by atoms with Crippen LogP contribution in [-0.2, 0) is 4.79 Å². The lowest BCUT2D eigenvalue weighted by Crippen LogP contribution is -2.39. The second kappa shape index (κ2) is 8.46. The summed E-state index contributed by atoms with van der Waals surface area (Å²) < 4.78 is 5.35. The first kappa shape index (κ1) is 19.9. The molecule has 1 N–H and O–H groups in total. The number of nitrogens with one attached hydrogen (secondary N) is 1. The van der Waals surface area contributed by atoms with Crippen LogP contribution in [0.25, 0.3) is 0 Å². The topological polar surface area (TPSA) is 58.6 Å². The Morgan fingerprint density at radius 1 is 1.11 bits per heavy atom. The van der Waals surface area contributed by atoms with Crippen LogP contribution in [0.3, 0.4) is 0 Å². The molecule has 1 aliphatic rings. The molecule has 2 atom stereocenters. The molecule has 28 heavy (non-hydrogen) atoms. The summed E-state index contributed by atoms with van der Waals surface area (Å²) in [7, 11) is 1.63. The summed E-state index contributed by atoms with van der Waals surface area (Å²) >= 11 is 0. The molecule has 1 fully saturated rings. The van der Waals surface area contributed by atoms with Crippen LogP contribution in [0.1, 0.15) is 41.3 Å². The summed E-state index contributed by atoms with van der Waals surface area (Å²) in [6.45, 7) is 6.75. The molecule has 0 aliphatic carbocycles. The zero-order chi connectivity index (χ0) is 20.3. The van der Waals surface area contributed by atoms with E-state index in [4.69, 9.17) is 4.74 Å². The lowest BCUT2D eigenvalue weighted by Gasteiger charge is -2.20. The molecule has 1 heterocycles. The first-order valence-electron chi connectivity index (χ1n) is 9.70. The molecule has 3 rings (SSSR count). The number of likely N-dealkylation sites (tertiary alicyclic amines) is 1. The summed E-state index contributed by atoms with van der Waals surface area (Å²) in [6.07, 6.45) is 0. The van der Waals surface area contributed by atoms with Crippen molar-refractivity contribution >= 4 is 11.8 Å². The molecule has 0 bridgehead atoms. The van der Waals surface area contributed by atoms with Gasteiger partial charge in [0.2, 0.25) is 5.91 Å². The molecule has 1 saturated heterocycles. The Kier molecular flexibility index (Phi) is 6.02. The number of rotatable bonds is 5. The predicted molar refractivity (Wildman–Crippen MR) is 110 cm³/mol. The first-order valence-corrected chi connectivity index (χ1v) is 9.70. The molecular weight excluding hydrogens is 352 g/mol. The van der Waals surface area contributed by atoms with Crippen LogP contribution in [0, 0.1) is 12.8 Å². The normalized spacial score (nSPS) is 19.0. The number of aryl methyl sites for hydroxylation is 1. The number of ether oxygens (including phenoxy) is 1. The van der Waals surface area contributed by atoms with E-state index >= 15 is 0 Å². The van der Waals surface area contributed by atoms with E-state index in [-0.39, 0.29) is 29.7 Å². The number of hydrogen-bond donors (Lipinski definition) is 1. The van der Waals surface area contributed by atoms with Gasteiger partial charge in [-0.05, 0) is 50.1 Å². The van der Waals surface area contributed by atoms with E-state index in [1.807, 2.05) is 69.3 Å². The monoisotopic (exact) mass is 380 g/mol. The van der Waals surface area contributed by atoms with E-state index in [0.717, 1.165) is 16.9 Å². The average Bonchev–Trinajstić information content (AvgIpc) is 3.13. The molecule has 0 saturated carbocycles. The third-order valence-electron chi connectivity index (χ3n) is 5.27. The second-order valence-electron chi connectivity index (χ2n) is 7.68. The lowest BCUT2D eigenvalue weighted by molar-refractivity contribution is -0.125. The maximum atomic E-state index is 13.1. The zero-order valence-corrected chi connectivity index (χ0v) is 16.9. The van der Waals surface area contributed by atoms with Crippen molar-refractivity contribution in [1.29, 1.82) is 0 Å². The highest BCUT2D eigenvalue weighted by Crippen LogP contribution is 2.35. The van der Waals surface area contributed by atoms with Crippen LogP contribution in [0.5, 0.6) is 5.75 Å². The lowest BCUT2D eigenvalue weighted by atomic mass is 9.88. The summed E-state index contributed by atoms with van der Waals surface area (Å²) in [4.78, 5) is 27.8. The average molecular weight is 380 g/mol. The maximum Gasteiger partial charge on any atom is 0.254 e. The second-order valence-corrected chi connectivity index (χ2v) is 7.68. The van der Waals surface area contributed by atoms with E-state index in [9.17, 15) is 9.59 Å².